The van der Waals surface area contributed by atoms with Crippen molar-refractivity contribution in [2.45, 2.75) is 31.3 Å². The second-order valence-corrected chi connectivity index (χ2v) is 4.56. The van der Waals surface area contributed by atoms with Gasteiger partial charge >= 0.3 is 5.97 Å². The molecule has 3 heteroatoms. The third-order valence-corrected chi connectivity index (χ3v) is 3.55. The molecule has 0 amide bonds. The zero-order valence-corrected chi connectivity index (χ0v) is 10.0. The summed E-state index contributed by atoms with van der Waals surface area (Å²) in [6, 6.07) is 9.74. The molecule has 1 N–H and O–H groups in total. The van der Waals surface area contributed by atoms with Crippen LogP contribution in [0.1, 0.15) is 30.7 Å². The number of carbonyl (C=O) groups excluding carboxylic acids is 1. The van der Waals surface area contributed by atoms with Crippen LogP contribution in [-0.2, 0) is 9.53 Å². The Bertz CT molecular complexity index is 374. The third-order valence-electron chi connectivity index (χ3n) is 3.55. The molecule has 0 spiro atoms. The Hall–Kier alpha value is -1.35. The van der Waals surface area contributed by atoms with E-state index < -0.39 is 6.10 Å². The molecule has 0 unspecified atom stereocenters. The molecule has 0 aliphatic heterocycles. The number of methoxy groups -OCH3 is 1. The van der Waals surface area contributed by atoms with Gasteiger partial charge in [-0.25, -0.2) is 0 Å². The number of rotatable bonds is 2. The molecular weight excluding hydrogens is 216 g/mol. The monoisotopic (exact) mass is 234 g/mol. The maximum Gasteiger partial charge on any atom is 0.309 e. The fourth-order valence-corrected chi connectivity index (χ4v) is 2.72. The number of hydrogen-bond donors (Lipinski definition) is 1. The Labute approximate surface area is 101 Å². The van der Waals surface area contributed by atoms with E-state index in [4.69, 9.17) is 4.74 Å². The van der Waals surface area contributed by atoms with Gasteiger partial charge in [-0.2, -0.15) is 0 Å². The first-order chi connectivity index (χ1) is 8.24. The van der Waals surface area contributed by atoms with Crippen molar-refractivity contribution < 1.29 is 14.6 Å². The molecule has 2 rings (SSSR count). The van der Waals surface area contributed by atoms with Crippen LogP contribution in [0.25, 0.3) is 0 Å². The van der Waals surface area contributed by atoms with Gasteiger partial charge in [0.1, 0.15) is 0 Å². The van der Waals surface area contributed by atoms with E-state index in [9.17, 15) is 9.90 Å². The molecule has 3 nitrogen and oxygen atoms in total. The van der Waals surface area contributed by atoms with Crippen LogP contribution in [0, 0.1) is 5.92 Å². The molecule has 3 atom stereocenters. The van der Waals surface area contributed by atoms with E-state index in [1.54, 1.807) is 0 Å². The van der Waals surface area contributed by atoms with E-state index in [2.05, 4.69) is 0 Å². The molecule has 0 bridgehead atoms. The maximum absolute atomic E-state index is 11.8. The molecule has 1 aliphatic rings. The van der Waals surface area contributed by atoms with Crippen molar-refractivity contribution in [1.82, 2.24) is 0 Å². The number of ether oxygens (including phenoxy) is 1. The minimum atomic E-state index is -0.449. The summed E-state index contributed by atoms with van der Waals surface area (Å²) in [4.78, 5) is 11.8. The van der Waals surface area contributed by atoms with Crippen molar-refractivity contribution in [3.05, 3.63) is 35.9 Å². The van der Waals surface area contributed by atoms with Gasteiger partial charge in [-0.15, -0.1) is 0 Å². The smallest absolute Gasteiger partial charge is 0.309 e. The number of carbonyl (C=O) groups is 1. The predicted octanol–water partition coefficient (Wildman–Crippen LogP) is 2.10. The predicted molar refractivity (Wildman–Crippen MR) is 64.5 cm³/mol. The lowest BCUT2D eigenvalue weighted by Crippen LogP contribution is -2.35. The lowest BCUT2D eigenvalue weighted by atomic mass is 9.73. The first-order valence-electron chi connectivity index (χ1n) is 6.05. The van der Waals surface area contributed by atoms with Crippen molar-refractivity contribution in [1.29, 1.82) is 0 Å². The average molecular weight is 234 g/mol. The van der Waals surface area contributed by atoms with E-state index in [0.717, 1.165) is 24.8 Å². The summed E-state index contributed by atoms with van der Waals surface area (Å²) in [5.74, 6) is -0.554. The first-order valence-corrected chi connectivity index (χ1v) is 6.05. The highest BCUT2D eigenvalue weighted by atomic mass is 16.5. The van der Waals surface area contributed by atoms with Gasteiger partial charge < -0.3 is 9.84 Å². The van der Waals surface area contributed by atoms with Crippen LogP contribution in [0.15, 0.2) is 30.3 Å². The first kappa shape index (κ1) is 12.1. The zero-order valence-electron chi connectivity index (χ0n) is 10.0. The third kappa shape index (κ3) is 2.50. The zero-order chi connectivity index (χ0) is 12.3. The molecule has 0 radical (unpaired) electrons. The Morgan fingerprint density at radius 2 is 2.00 bits per heavy atom. The molecule has 1 aromatic rings. The lowest BCUT2D eigenvalue weighted by molar-refractivity contribution is -0.149. The van der Waals surface area contributed by atoms with Crippen LogP contribution in [0.4, 0.5) is 0 Å². The van der Waals surface area contributed by atoms with Crippen molar-refractivity contribution in [3.8, 4) is 0 Å². The van der Waals surface area contributed by atoms with Crippen molar-refractivity contribution in [2.24, 2.45) is 5.92 Å². The highest BCUT2D eigenvalue weighted by molar-refractivity contribution is 5.74. The van der Waals surface area contributed by atoms with E-state index in [1.807, 2.05) is 30.3 Å². The standard InChI is InChI=1S/C14H18O3/c1-17-14(16)11-8-5-9-12(15)13(11)10-6-3-2-4-7-10/h2-4,6-7,11-13,15H,5,8-9H2,1H3/t11-,12-,13-/m0/s1. The average Bonchev–Trinajstić information content (AvgIpc) is 2.38. The quantitative estimate of drug-likeness (QED) is 0.797. The van der Waals surface area contributed by atoms with Crippen molar-refractivity contribution in [3.63, 3.8) is 0 Å². The summed E-state index contributed by atoms with van der Waals surface area (Å²) in [6.45, 7) is 0. The van der Waals surface area contributed by atoms with Gasteiger partial charge in [0, 0.05) is 5.92 Å². The Morgan fingerprint density at radius 3 is 2.65 bits per heavy atom. The topological polar surface area (TPSA) is 46.5 Å². The molecule has 0 saturated heterocycles. The number of aliphatic hydroxyl groups is 1. The van der Waals surface area contributed by atoms with E-state index in [0.29, 0.717) is 0 Å². The molecule has 0 aromatic heterocycles. The van der Waals surface area contributed by atoms with Crippen molar-refractivity contribution >= 4 is 5.97 Å². The highest BCUT2D eigenvalue weighted by Gasteiger charge is 2.38. The lowest BCUT2D eigenvalue weighted by Gasteiger charge is -2.34. The SMILES string of the molecule is COC(=O)[C@H]1CCC[C@H](O)[C@H]1c1ccccc1. The van der Waals surface area contributed by atoms with Crippen LogP contribution in [0.5, 0.6) is 0 Å². The van der Waals surface area contributed by atoms with Gasteiger partial charge in [0.25, 0.3) is 0 Å². The summed E-state index contributed by atoms with van der Waals surface area (Å²) >= 11 is 0. The summed E-state index contributed by atoms with van der Waals surface area (Å²) in [5.41, 5.74) is 1.02. The van der Waals surface area contributed by atoms with Crippen LogP contribution in [-0.4, -0.2) is 24.3 Å². The Morgan fingerprint density at radius 1 is 1.29 bits per heavy atom. The van der Waals surface area contributed by atoms with Gasteiger partial charge in [-0.1, -0.05) is 30.3 Å². The van der Waals surface area contributed by atoms with Crippen LogP contribution in [0.2, 0.25) is 0 Å². The normalized spacial score (nSPS) is 28.7. The second-order valence-electron chi connectivity index (χ2n) is 4.56. The summed E-state index contributed by atoms with van der Waals surface area (Å²) < 4.78 is 4.84. The van der Waals surface area contributed by atoms with Crippen LogP contribution in [0.3, 0.4) is 0 Å². The number of hydrogen-bond acceptors (Lipinski definition) is 3. The number of benzene rings is 1. The molecule has 1 aromatic carbocycles. The van der Waals surface area contributed by atoms with E-state index in [1.165, 1.54) is 7.11 Å². The van der Waals surface area contributed by atoms with Crippen LogP contribution < -0.4 is 0 Å². The van der Waals surface area contributed by atoms with Gasteiger partial charge in [0.15, 0.2) is 0 Å². The van der Waals surface area contributed by atoms with Gasteiger partial charge in [-0.3, -0.25) is 4.79 Å². The largest absolute Gasteiger partial charge is 0.469 e. The molecule has 1 fully saturated rings. The Balaban J connectivity index is 2.28. The maximum atomic E-state index is 11.8. The molecule has 1 aliphatic carbocycles. The summed E-state index contributed by atoms with van der Waals surface area (Å²) in [7, 11) is 1.41. The fraction of sp³-hybridized carbons (Fsp3) is 0.500. The van der Waals surface area contributed by atoms with E-state index >= 15 is 0 Å². The molecule has 0 heterocycles. The minimum Gasteiger partial charge on any atom is -0.469 e. The van der Waals surface area contributed by atoms with E-state index in [-0.39, 0.29) is 17.8 Å². The fourth-order valence-electron chi connectivity index (χ4n) is 2.72. The molecule has 17 heavy (non-hydrogen) atoms. The molecular formula is C14H18O3. The highest BCUT2D eigenvalue weighted by Crippen LogP contribution is 2.38. The summed E-state index contributed by atoms with van der Waals surface area (Å²) in [6.07, 6.45) is 1.98. The van der Waals surface area contributed by atoms with Crippen molar-refractivity contribution in [2.75, 3.05) is 7.11 Å². The number of aliphatic hydroxyl groups excluding tert-OH is 1. The van der Waals surface area contributed by atoms with Crippen LogP contribution >= 0.6 is 0 Å². The second kappa shape index (κ2) is 5.32. The van der Waals surface area contributed by atoms with Gasteiger partial charge in [-0.05, 0) is 24.8 Å². The van der Waals surface area contributed by atoms with Gasteiger partial charge in [0.05, 0.1) is 19.1 Å². The molecule has 1 saturated carbocycles. The minimum absolute atomic E-state index is 0.127. The Kier molecular flexibility index (Phi) is 3.79. The summed E-state index contributed by atoms with van der Waals surface area (Å²) in [5, 5.41) is 10.1. The number of esters is 1. The molecule has 92 valence electrons. The van der Waals surface area contributed by atoms with Gasteiger partial charge in [0.2, 0.25) is 0 Å².